The summed E-state index contributed by atoms with van der Waals surface area (Å²) in [7, 11) is -2.23. The lowest BCUT2D eigenvalue weighted by Gasteiger charge is -2.13. The van der Waals surface area contributed by atoms with Crippen molar-refractivity contribution < 1.29 is 17.9 Å². The van der Waals surface area contributed by atoms with Crippen molar-refractivity contribution in [3.05, 3.63) is 48.0 Å². The molecule has 0 saturated carbocycles. The molecule has 7 heteroatoms. The van der Waals surface area contributed by atoms with Crippen molar-refractivity contribution in [1.82, 2.24) is 0 Å². The summed E-state index contributed by atoms with van der Waals surface area (Å²) in [6.07, 6.45) is 1.11. The molecule has 1 amide bonds. The molecular weight excluding hydrogens is 340 g/mol. The molecule has 2 N–H and O–H groups in total. The van der Waals surface area contributed by atoms with Gasteiger partial charge in [0.2, 0.25) is 5.91 Å². The molecule has 2 rings (SSSR count). The number of anilines is 2. The maximum absolute atomic E-state index is 12.7. The molecule has 0 fully saturated rings. The maximum Gasteiger partial charge on any atom is 0.262 e. The van der Waals surface area contributed by atoms with Gasteiger partial charge >= 0.3 is 0 Å². The van der Waals surface area contributed by atoms with Crippen molar-refractivity contribution in [2.45, 2.75) is 31.6 Å². The Morgan fingerprint density at radius 2 is 1.72 bits per heavy atom. The summed E-state index contributed by atoms with van der Waals surface area (Å²) in [4.78, 5) is 11.8. The van der Waals surface area contributed by atoms with Crippen LogP contribution >= 0.6 is 0 Å². The first-order chi connectivity index (χ1) is 11.9. The van der Waals surface area contributed by atoms with Crippen LogP contribution < -0.4 is 14.8 Å². The predicted octanol–water partition coefficient (Wildman–Crippen LogP) is 3.54. The molecule has 0 aliphatic carbocycles. The van der Waals surface area contributed by atoms with Crippen molar-refractivity contribution in [2.24, 2.45) is 0 Å². The highest BCUT2D eigenvalue weighted by molar-refractivity contribution is 7.92. The molecule has 0 unspecified atom stereocenters. The topological polar surface area (TPSA) is 84.5 Å². The summed E-state index contributed by atoms with van der Waals surface area (Å²) < 4.78 is 33.0. The maximum atomic E-state index is 12.7. The fourth-order valence-electron chi connectivity index (χ4n) is 2.29. The third-order valence-electron chi connectivity index (χ3n) is 3.58. The van der Waals surface area contributed by atoms with E-state index < -0.39 is 10.0 Å². The van der Waals surface area contributed by atoms with Crippen LogP contribution in [0.4, 0.5) is 11.4 Å². The Bertz CT molecular complexity index is 846. The lowest BCUT2D eigenvalue weighted by molar-refractivity contribution is -0.116. The average molecular weight is 362 g/mol. The van der Waals surface area contributed by atoms with Gasteiger partial charge in [-0.25, -0.2) is 8.42 Å². The number of hydrogen-bond donors (Lipinski definition) is 2. The normalized spacial score (nSPS) is 11.0. The van der Waals surface area contributed by atoms with Crippen molar-refractivity contribution >= 4 is 27.3 Å². The first-order valence-corrected chi connectivity index (χ1v) is 9.41. The van der Waals surface area contributed by atoms with E-state index in [4.69, 9.17) is 4.74 Å². The Labute approximate surface area is 148 Å². The quantitative estimate of drug-likeness (QED) is 0.789. The van der Waals surface area contributed by atoms with E-state index in [1.165, 1.54) is 6.07 Å². The Balaban J connectivity index is 2.26. The third kappa shape index (κ3) is 4.96. The van der Waals surface area contributed by atoms with Gasteiger partial charge in [0, 0.05) is 17.8 Å². The summed E-state index contributed by atoms with van der Waals surface area (Å²) in [6.45, 7) is 3.61. The first-order valence-electron chi connectivity index (χ1n) is 7.93. The number of methoxy groups -OCH3 is 1. The predicted molar refractivity (Wildman–Crippen MR) is 98.5 cm³/mol. The molecule has 6 nitrogen and oxygen atoms in total. The zero-order valence-corrected chi connectivity index (χ0v) is 15.3. The van der Waals surface area contributed by atoms with Crippen LogP contribution in [-0.4, -0.2) is 21.4 Å². The van der Waals surface area contributed by atoms with Crippen molar-refractivity contribution in [3.63, 3.8) is 0 Å². The molecule has 2 aromatic carbocycles. The SMILES string of the molecule is CCCC(=O)Nc1ccc(C)c(S(=O)(=O)Nc2ccc(OC)cc2)c1. The second-order valence-electron chi connectivity index (χ2n) is 5.61. The minimum absolute atomic E-state index is 0.123. The van der Waals surface area contributed by atoms with Gasteiger partial charge in [0.15, 0.2) is 0 Å². The Morgan fingerprint density at radius 3 is 2.32 bits per heavy atom. The van der Waals surface area contributed by atoms with Crippen LogP contribution in [0.15, 0.2) is 47.4 Å². The van der Waals surface area contributed by atoms with E-state index in [-0.39, 0.29) is 10.8 Å². The van der Waals surface area contributed by atoms with E-state index >= 15 is 0 Å². The number of sulfonamides is 1. The van der Waals surface area contributed by atoms with E-state index in [9.17, 15) is 13.2 Å². The van der Waals surface area contributed by atoms with Gasteiger partial charge in [-0.15, -0.1) is 0 Å². The lowest BCUT2D eigenvalue weighted by atomic mass is 10.2. The molecule has 0 aliphatic heterocycles. The summed E-state index contributed by atoms with van der Waals surface area (Å²) >= 11 is 0. The second-order valence-corrected chi connectivity index (χ2v) is 7.26. The molecule has 0 radical (unpaired) electrons. The fraction of sp³-hybridized carbons (Fsp3) is 0.278. The average Bonchev–Trinajstić information content (AvgIpc) is 2.57. The number of aryl methyl sites for hydroxylation is 1. The van der Waals surface area contributed by atoms with Gasteiger partial charge in [0.1, 0.15) is 5.75 Å². The van der Waals surface area contributed by atoms with Crippen LogP contribution in [0.3, 0.4) is 0 Å². The van der Waals surface area contributed by atoms with Crippen LogP contribution in [-0.2, 0) is 14.8 Å². The molecule has 0 bridgehead atoms. The zero-order chi connectivity index (χ0) is 18.4. The molecule has 2 aromatic rings. The second kappa shape index (κ2) is 8.02. The van der Waals surface area contributed by atoms with Crippen LogP contribution in [0, 0.1) is 6.92 Å². The molecule has 0 aromatic heterocycles. The molecular formula is C18H22N2O4S. The van der Waals surface area contributed by atoms with Crippen molar-refractivity contribution in [1.29, 1.82) is 0 Å². The van der Waals surface area contributed by atoms with Crippen LogP contribution in [0.25, 0.3) is 0 Å². The Kier molecular flexibility index (Phi) is 6.03. The number of carbonyl (C=O) groups is 1. The number of amides is 1. The summed E-state index contributed by atoms with van der Waals surface area (Å²) in [5.41, 5.74) is 1.48. The van der Waals surface area contributed by atoms with E-state index in [0.717, 1.165) is 6.42 Å². The van der Waals surface area contributed by atoms with E-state index in [1.807, 2.05) is 6.92 Å². The number of benzene rings is 2. The fourth-order valence-corrected chi connectivity index (χ4v) is 3.62. The summed E-state index contributed by atoms with van der Waals surface area (Å²) in [6, 6.07) is 11.4. The molecule has 0 aliphatic rings. The standard InChI is InChI=1S/C18H22N2O4S/c1-4-5-18(21)19-15-7-6-13(2)17(12-15)25(22,23)20-14-8-10-16(24-3)11-9-14/h6-12,20H,4-5H2,1-3H3,(H,19,21). The lowest BCUT2D eigenvalue weighted by Crippen LogP contribution is -2.16. The number of carbonyl (C=O) groups excluding carboxylic acids is 1. The molecule has 25 heavy (non-hydrogen) atoms. The Hall–Kier alpha value is -2.54. The van der Waals surface area contributed by atoms with Gasteiger partial charge in [-0.2, -0.15) is 0 Å². The summed E-state index contributed by atoms with van der Waals surface area (Å²) in [5, 5.41) is 2.71. The van der Waals surface area contributed by atoms with Gasteiger partial charge < -0.3 is 10.1 Å². The van der Waals surface area contributed by atoms with Crippen molar-refractivity contribution in [3.8, 4) is 5.75 Å². The minimum Gasteiger partial charge on any atom is -0.497 e. The monoisotopic (exact) mass is 362 g/mol. The molecule has 0 saturated heterocycles. The van der Waals surface area contributed by atoms with Gasteiger partial charge in [0.25, 0.3) is 10.0 Å². The number of nitrogens with one attached hydrogen (secondary N) is 2. The third-order valence-corrected chi connectivity index (χ3v) is 5.10. The minimum atomic E-state index is -3.78. The molecule has 0 spiro atoms. The molecule has 134 valence electrons. The van der Waals surface area contributed by atoms with E-state index in [0.29, 0.717) is 29.1 Å². The van der Waals surface area contributed by atoms with Gasteiger partial charge in [-0.3, -0.25) is 9.52 Å². The highest BCUT2D eigenvalue weighted by Crippen LogP contribution is 2.24. The van der Waals surface area contributed by atoms with Gasteiger partial charge in [-0.05, 0) is 55.3 Å². The van der Waals surface area contributed by atoms with E-state index in [1.54, 1.807) is 50.4 Å². The summed E-state index contributed by atoms with van der Waals surface area (Å²) in [5.74, 6) is 0.498. The largest absolute Gasteiger partial charge is 0.497 e. The highest BCUT2D eigenvalue weighted by Gasteiger charge is 2.18. The van der Waals surface area contributed by atoms with Crippen LogP contribution in [0.5, 0.6) is 5.75 Å². The van der Waals surface area contributed by atoms with Gasteiger partial charge in [-0.1, -0.05) is 13.0 Å². The van der Waals surface area contributed by atoms with Crippen LogP contribution in [0.1, 0.15) is 25.3 Å². The smallest absolute Gasteiger partial charge is 0.262 e. The number of rotatable bonds is 7. The number of ether oxygens (including phenoxy) is 1. The zero-order valence-electron chi connectivity index (χ0n) is 14.5. The highest BCUT2D eigenvalue weighted by atomic mass is 32.2. The van der Waals surface area contributed by atoms with E-state index in [2.05, 4.69) is 10.0 Å². The van der Waals surface area contributed by atoms with Gasteiger partial charge in [0.05, 0.1) is 12.0 Å². The first kappa shape index (κ1) is 18.8. The molecule has 0 heterocycles. The van der Waals surface area contributed by atoms with Crippen LogP contribution in [0.2, 0.25) is 0 Å². The Morgan fingerprint density at radius 1 is 1.08 bits per heavy atom. The van der Waals surface area contributed by atoms with Crippen molar-refractivity contribution in [2.75, 3.05) is 17.1 Å². The number of hydrogen-bond acceptors (Lipinski definition) is 4. The molecule has 0 atom stereocenters.